The standard InChI is InChI=1S/C18H31NO/c1-15-11-10-12-17(16(15)2)20-14-9-7-6-8-13-19-18(3,4)5/h10-12,19H,6-9,13-14H2,1-5H3. The summed E-state index contributed by atoms with van der Waals surface area (Å²) >= 11 is 0. The van der Waals surface area contributed by atoms with Crippen LogP contribution in [0, 0.1) is 13.8 Å². The molecule has 0 radical (unpaired) electrons. The number of rotatable bonds is 8. The first-order valence-corrected chi connectivity index (χ1v) is 7.84. The Labute approximate surface area is 124 Å². The minimum atomic E-state index is 0.242. The first-order valence-electron chi connectivity index (χ1n) is 7.84. The average molecular weight is 277 g/mol. The summed E-state index contributed by atoms with van der Waals surface area (Å²) in [4.78, 5) is 0. The van der Waals surface area contributed by atoms with Crippen LogP contribution >= 0.6 is 0 Å². The molecule has 0 fully saturated rings. The van der Waals surface area contributed by atoms with Gasteiger partial charge in [-0.3, -0.25) is 0 Å². The van der Waals surface area contributed by atoms with Crippen LogP contribution in [0.1, 0.15) is 57.6 Å². The van der Waals surface area contributed by atoms with Crippen molar-refractivity contribution >= 4 is 0 Å². The molecule has 2 nitrogen and oxygen atoms in total. The third kappa shape index (κ3) is 6.95. The Morgan fingerprint density at radius 3 is 2.40 bits per heavy atom. The molecule has 1 N–H and O–H groups in total. The minimum Gasteiger partial charge on any atom is -0.493 e. The van der Waals surface area contributed by atoms with Crippen LogP contribution in [0.5, 0.6) is 5.75 Å². The van der Waals surface area contributed by atoms with Gasteiger partial charge in [0.1, 0.15) is 5.75 Å². The molecule has 0 aliphatic rings. The first kappa shape index (κ1) is 17.0. The molecule has 114 valence electrons. The van der Waals surface area contributed by atoms with E-state index in [-0.39, 0.29) is 5.54 Å². The van der Waals surface area contributed by atoms with Gasteiger partial charge in [-0.25, -0.2) is 0 Å². The predicted molar refractivity (Wildman–Crippen MR) is 87.6 cm³/mol. The Kier molecular flexibility index (Phi) is 7.08. The third-order valence-electron chi connectivity index (χ3n) is 3.54. The minimum absolute atomic E-state index is 0.242. The molecule has 0 saturated heterocycles. The van der Waals surface area contributed by atoms with Gasteiger partial charge in [0.25, 0.3) is 0 Å². The van der Waals surface area contributed by atoms with Crippen molar-refractivity contribution in [3.63, 3.8) is 0 Å². The number of hydrogen-bond donors (Lipinski definition) is 1. The normalized spacial score (nSPS) is 11.7. The number of ether oxygens (including phenoxy) is 1. The largest absolute Gasteiger partial charge is 0.493 e. The molecule has 0 saturated carbocycles. The van der Waals surface area contributed by atoms with E-state index in [1.807, 2.05) is 0 Å². The molecule has 1 aromatic carbocycles. The number of nitrogens with one attached hydrogen (secondary N) is 1. The lowest BCUT2D eigenvalue weighted by atomic mass is 10.1. The summed E-state index contributed by atoms with van der Waals surface area (Å²) in [5.41, 5.74) is 2.81. The highest BCUT2D eigenvalue weighted by Gasteiger charge is 2.06. The fourth-order valence-electron chi connectivity index (χ4n) is 2.11. The molecule has 2 heteroatoms. The van der Waals surface area contributed by atoms with Crippen molar-refractivity contribution in [3.05, 3.63) is 29.3 Å². The third-order valence-corrected chi connectivity index (χ3v) is 3.54. The van der Waals surface area contributed by atoms with Crippen molar-refractivity contribution in [2.45, 2.75) is 65.8 Å². The van der Waals surface area contributed by atoms with Gasteiger partial charge < -0.3 is 10.1 Å². The van der Waals surface area contributed by atoms with Gasteiger partial charge in [0.15, 0.2) is 0 Å². The molecular weight excluding hydrogens is 246 g/mol. The molecule has 0 atom stereocenters. The van der Waals surface area contributed by atoms with E-state index in [0.29, 0.717) is 0 Å². The Bertz CT molecular complexity index is 393. The van der Waals surface area contributed by atoms with Gasteiger partial charge >= 0.3 is 0 Å². The Morgan fingerprint density at radius 1 is 1.00 bits per heavy atom. The monoisotopic (exact) mass is 277 g/mol. The van der Waals surface area contributed by atoms with Crippen molar-refractivity contribution in [2.75, 3.05) is 13.2 Å². The summed E-state index contributed by atoms with van der Waals surface area (Å²) in [5, 5.41) is 3.52. The van der Waals surface area contributed by atoms with Crippen LogP contribution in [0.3, 0.4) is 0 Å². The zero-order valence-corrected chi connectivity index (χ0v) is 13.9. The predicted octanol–water partition coefficient (Wildman–Crippen LogP) is 4.63. The van der Waals surface area contributed by atoms with Gasteiger partial charge in [-0.1, -0.05) is 25.0 Å². The molecule has 0 heterocycles. The quantitative estimate of drug-likeness (QED) is 0.699. The van der Waals surface area contributed by atoms with Crippen LogP contribution in [0.2, 0.25) is 0 Å². The second-order valence-electron chi connectivity index (χ2n) is 6.64. The number of hydrogen-bond acceptors (Lipinski definition) is 2. The van der Waals surface area contributed by atoms with E-state index in [9.17, 15) is 0 Å². The van der Waals surface area contributed by atoms with E-state index in [2.05, 4.69) is 58.1 Å². The van der Waals surface area contributed by atoms with Crippen LogP contribution in [-0.2, 0) is 0 Å². The smallest absolute Gasteiger partial charge is 0.122 e. The summed E-state index contributed by atoms with van der Waals surface area (Å²) in [6.07, 6.45) is 4.92. The van der Waals surface area contributed by atoms with E-state index >= 15 is 0 Å². The van der Waals surface area contributed by atoms with Crippen molar-refractivity contribution in [2.24, 2.45) is 0 Å². The lowest BCUT2D eigenvalue weighted by Gasteiger charge is -2.20. The molecule has 1 rings (SSSR count). The van der Waals surface area contributed by atoms with Gasteiger partial charge in [-0.2, -0.15) is 0 Å². The summed E-state index contributed by atoms with van der Waals surface area (Å²) in [7, 11) is 0. The maximum Gasteiger partial charge on any atom is 0.122 e. The molecule has 0 spiro atoms. The second kappa shape index (κ2) is 8.31. The van der Waals surface area contributed by atoms with Crippen molar-refractivity contribution in [1.82, 2.24) is 5.32 Å². The topological polar surface area (TPSA) is 21.3 Å². The van der Waals surface area contributed by atoms with Crippen molar-refractivity contribution < 1.29 is 4.74 Å². The number of benzene rings is 1. The average Bonchev–Trinajstić information content (AvgIpc) is 2.36. The fourth-order valence-corrected chi connectivity index (χ4v) is 2.11. The van der Waals surface area contributed by atoms with Gasteiger partial charge in [-0.15, -0.1) is 0 Å². The van der Waals surface area contributed by atoms with Gasteiger partial charge in [0, 0.05) is 5.54 Å². The van der Waals surface area contributed by atoms with E-state index in [1.165, 1.54) is 30.4 Å². The zero-order valence-electron chi connectivity index (χ0n) is 13.9. The number of aryl methyl sites for hydroxylation is 1. The highest BCUT2D eigenvalue weighted by molar-refractivity contribution is 5.38. The van der Waals surface area contributed by atoms with Crippen LogP contribution in [0.15, 0.2) is 18.2 Å². The molecule has 20 heavy (non-hydrogen) atoms. The van der Waals surface area contributed by atoms with E-state index in [4.69, 9.17) is 4.74 Å². The summed E-state index contributed by atoms with van der Waals surface area (Å²) in [6, 6.07) is 6.26. The molecule has 1 aromatic rings. The maximum atomic E-state index is 5.86. The molecule has 0 amide bonds. The maximum absolute atomic E-state index is 5.86. The van der Waals surface area contributed by atoms with Gasteiger partial charge in [0.05, 0.1) is 6.61 Å². The van der Waals surface area contributed by atoms with E-state index < -0.39 is 0 Å². The SMILES string of the molecule is Cc1cccc(OCCCCCCNC(C)(C)C)c1C. The molecule has 0 aromatic heterocycles. The second-order valence-corrected chi connectivity index (χ2v) is 6.64. The lowest BCUT2D eigenvalue weighted by Crippen LogP contribution is -2.36. The molecule has 0 bridgehead atoms. The number of unbranched alkanes of at least 4 members (excludes halogenated alkanes) is 3. The summed E-state index contributed by atoms with van der Waals surface area (Å²) in [6.45, 7) is 12.8. The highest BCUT2D eigenvalue weighted by Crippen LogP contribution is 2.20. The van der Waals surface area contributed by atoms with Crippen LogP contribution in [-0.4, -0.2) is 18.7 Å². The first-order chi connectivity index (χ1) is 9.40. The van der Waals surface area contributed by atoms with E-state index in [1.54, 1.807) is 0 Å². The lowest BCUT2D eigenvalue weighted by molar-refractivity contribution is 0.301. The Hall–Kier alpha value is -1.02. The Morgan fingerprint density at radius 2 is 1.70 bits per heavy atom. The zero-order chi connectivity index (χ0) is 15.0. The molecule has 0 aliphatic carbocycles. The highest BCUT2D eigenvalue weighted by atomic mass is 16.5. The molecular formula is C18H31NO. The molecule has 0 unspecified atom stereocenters. The van der Waals surface area contributed by atoms with Crippen LogP contribution < -0.4 is 10.1 Å². The Balaban J connectivity index is 2.07. The van der Waals surface area contributed by atoms with Gasteiger partial charge in [0.2, 0.25) is 0 Å². The summed E-state index contributed by atoms with van der Waals surface area (Å²) < 4.78 is 5.86. The fraction of sp³-hybridized carbons (Fsp3) is 0.667. The summed E-state index contributed by atoms with van der Waals surface area (Å²) in [5.74, 6) is 1.04. The van der Waals surface area contributed by atoms with Crippen LogP contribution in [0.25, 0.3) is 0 Å². The van der Waals surface area contributed by atoms with Gasteiger partial charge in [-0.05, 0) is 71.2 Å². The van der Waals surface area contributed by atoms with Crippen LogP contribution in [0.4, 0.5) is 0 Å². The van der Waals surface area contributed by atoms with Crippen molar-refractivity contribution in [3.8, 4) is 5.75 Å². The molecule has 0 aliphatic heterocycles. The van der Waals surface area contributed by atoms with Crippen molar-refractivity contribution in [1.29, 1.82) is 0 Å². The van der Waals surface area contributed by atoms with E-state index in [0.717, 1.165) is 25.3 Å².